The fraction of sp³-hybridized carbons (Fsp3) is 0.412. The quantitative estimate of drug-likeness (QED) is 0.840. The molecule has 7 nitrogen and oxygen atoms in total. The van der Waals surface area contributed by atoms with Crippen LogP contribution >= 0.6 is 0 Å². The lowest BCUT2D eigenvalue weighted by Gasteiger charge is -2.25. The van der Waals surface area contributed by atoms with E-state index in [1.165, 1.54) is 6.92 Å². The van der Waals surface area contributed by atoms with Crippen LogP contribution in [0.2, 0.25) is 0 Å². The molecule has 1 aliphatic heterocycles. The summed E-state index contributed by atoms with van der Waals surface area (Å²) >= 11 is 0. The summed E-state index contributed by atoms with van der Waals surface area (Å²) in [5.41, 5.74) is 0.652. The Morgan fingerprint density at radius 3 is 2.54 bits per heavy atom. The van der Waals surface area contributed by atoms with Gasteiger partial charge in [-0.05, 0) is 25.5 Å². The molecule has 2 heterocycles. The van der Waals surface area contributed by atoms with E-state index in [1.807, 2.05) is 18.2 Å². The van der Waals surface area contributed by atoms with Crippen LogP contribution in [0, 0.1) is 6.92 Å². The number of aromatic nitrogens is 2. The summed E-state index contributed by atoms with van der Waals surface area (Å²) in [5, 5.41) is 3.81. The Bertz CT molecular complexity index is 728. The fourth-order valence-electron chi connectivity index (χ4n) is 2.98. The molecule has 0 bridgehead atoms. The number of aryl methyl sites for hydroxylation is 1. The van der Waals surface area contributed by atoms with Gasteiger partial charge < -0.3 is 14.3 Å². The second kappa shape index (κ2) is 6.82. The largest absolute Gasteiger partial charge is 0.337 e. The Balaban J connectivity index is 1.80. The number of amides is 2. The normalized spacial score (nSPS) is 18.3. The molecule has 1 aromatic carbocycles. The Morgan fingerprint density at radius 2 is 1.92 bits per heavy atom. The van der Waals surface area contributed by atoms with E-state index in [0.29, 0.717) is 43.3 Å². The number of hydrogen-bond acceptors (Lipinski definition) is 5. The van der Waals surface area contributed by atoms with Gasteiger partial charge >= 0.3 is 0 Å². The molecule has 7 heteroatoms. The summed E-state index contributed by atoms with van der Waals surface area (Å²) in [4.78, 5) is 32.4. The van der Waals surface area contributed by atoms with Crippen LogP contribution in [-0.4, -0.2) is 51.4 Å². The molecular formula is C17H20N4O3. The third kappa shape index (κ3) is 3.29. The van der Waals surface area contributed by atoms with E-state index in [0.717, 1.165) is 0 Å². The van der Waals surface area contributed by atoms with Crippen LogP contribution in [0.5, 0.6) is 0 Å². The first-order valence-corrected chi connectivity index (χ1v) is 7.98. The SMILES string of the molecule is CC(=O)N1CCN(C(=O)c2ccccc2)CCC1c1nc(C)no1. The van der Waals surface area contributed by atoms with Gasteiger partial charge in [0.25, 0.3) is 5.91 Å². The number of rotatable bonds is 2. The highest BCUT2D eigenvalue weighted by Crippen LogP contribution is 2.26. The minimum atomic E-state index is -0.294. The average Bonchev–Trinajstić information content (AvgIpc) is 2.89. The zero-order valence-corrected chi connectivity index (χ0v) is 13.8. The predicted octanol–water partition coefficient (Wildman–Crippen LogP) is 1.81. The molecule has 1 fully saturated rings. The Morgan fingerprint density at radius 1 is 1.17 bits per heavy atom. The van der Waals surface area contributed by atoms with Crippen molar-refractivity contribution in [1.82, 2.24) is 19.9 Å². The number of carbonyl (C=O) groups is 2. The molecule has 0 spiro atoms. The molecule has 0 saturated carbocycles. The van der Waals surface area contributed by atoms with Crippen molar-refractivity contribution < 1.29 is 14.1 Å². The van der Waals surface area contributed by atoms with E-state index in [9.17, 15) is 9.59 Å². The molecule has 0 radical (unpaired) electrons. The third-order valence-electron chi connectivity index (χ3n) is 4.20. The number of hydrogen-bond donors (Lipinski definition) is 0. The maximum Gasteiger partial charge on any atom is 0.253 e. The van der Waals surface area contributed by atoms with Crippen molar-refractivity contribution in [3.63, 3.8) is 0 Å². The van der Waals surface area contributed by atoms with Crippen LogP contribution in [0.1, 0.15) is 41.5 Å². The van der Waals surface area contributed by atoms with Crippen molar-refractivity contribution in [2.24, 2.45) is 0 Å². The molecule has 24 heavy (non-hydrogen) atoms. The summed E-state index contributed by atoms with van der Waals surface area (Å²) in [6, 6.07) is 8.87. The van der Waals surface area contributed by atoms with Crippen molar-refractivity contribution >= 4 is 11.8 Å². The summed E-state index contributed by atoms with van der Waals surface area (Å²) in [6.45, 7) is 4.72. The van der Waals surface area contributed by atoms with Crippen LogP contribution in [-0.2, 0) is 4.79 Å². The summed E-state index contributed by atoms with van der Waals surface area (Å²) in [6.07, 6.45) is 0.569. The van der Waals surface area contributed by atoms with Gasteiger partial charge in [-0.3, -0.25) is 9.59 Å². The van der Waals surface area contributed by atoms with Gasteiger partial charge in [0.2, 0.25) is 11.8 Å². The maximum atomic E-state index is 12.6. The number of benzene rings is 1. The number of carbonyl (C=O) groups excluding carboxylic acids is 2. The zero-order valence-electron chi connectivity index (χ0n) is 13.8. The molecule has 1 aliphatic rings. The molecule has 126 valence electrons. The lowest BCUT2D eigenvalue weighted by molar-refractivity contribution is -0.131. The van der Waals surface area contributed by atoms with Gasteiger partial charge in [-0.25, -0.2) is 0 Å². The molecule has 1 aromatic heterocycles. The topological polar surface area (TPSA) is 79.5 Å². The van der Waals surface area contributed by atoms with Crippen LogP contribution in [0.25, 0.3) is 0 Å². The van der Waals surface area contributed by atoms with Gasteiger partial charge in [0.05, 0.1) is 0 Å². The van der Waals surface area contributed by atoms with Gasteiger partial charge in [0, 0.05) is 32.1 Å². The molecule has 1 unspecified atom stereocenters. The standard InChI is InChI=1S/C17H20N4O3/c1-12-18-16(24-19-12)15-8-9-20(10-11-21(15)13(2)22)17(23)14-6-4-3-5-7-14/h3-7,15H,8-11H2,1-2H3. The van der Waals surface area contributed by atoms with Crippen molar-refractivity contribution in [3.8, 4) is 0 Å². The monoisotopic (exact) mass is 328 g/mol. The lowest BCUT2D eigenvalue weighted by atomic mass is 10.1. The average molecular weight is 328 g/mol. The highest BCUT2D eigenvalue weighted by Gasteiger charge is 2.32. The third-order valence-corrected chi connectivity index (χ3v) is 4.20. The highest BCUT2D eigenvalue weighted by atomic mass is 16.5. The first-order valence-electron chi connectivity index (χ1n) is 7.98. The van der Waals surface area contributed by atoms with Crippen molar-refractivity contribution in [2.45, 2.75) is 26.3 Å². The molecule has 1 atom stereocenters. The molecule has 1 saturated heterocycles. The van der Waals surface area contributed by atoms with E-state index in [-0.39, 0.29) is 17.9 Å². The molecule has 0 N–H and O–H groups in total. The fourth-order valence-corrected chi connectivity index (χ4v) is 2.98. The van der Waals surface area contributed by atoms with E-state index < -0.39 is 0 Å². The molecule has 3 rings (SSSR count). The summed E-state index contributed by atoms with van der Waals surface area (Å²) in [7, 11) is 0. The van der Waals surface area contributed by atoms with Crippen LogP contribution < -0.4 is 0 Å². The van der Waals surface area contributed by atoms with Crippen LogP contribution in [0.3, 0.4) is 0 Å². The van der Waals surface area contributed by atoms with Crippen molar-refractivity contribution in [2.75, 3.05) is 19.6 Å². The minimum absolute atomic E-state index is 0.0264. The summed E-state index contributed by atoms with van der Waals surface area (Å²) in [5.74, 6) is 0.873. The van der Waals surface area contributed by atoms with Gasteiger partial charge in [0.15, 0.2) is 5.82 Å². The molecule has 0 aliphatic carbocycles. The van der Waals surface area contributed by atoms with Gasteiger partial charge in [-0.15, -0.1) is 0 Å². The van der Waals surface area contributed by atoms with Gasteiger partial charge in [-0.1, -0.05) is 23.4 Å². The molecule has 2 aromatic rings. The summed E-state index contributed by atoms with van der Waals surface area (Å²) < 4.78 is 5.26. The zero-order chi connectivity index (χ0) is 17.1. The minimum Gasteiger partial charge on any atom is -0.337 e. The van der Waals surface area contributed by atoms with E-state index in [2.05, 4.69) is 10.1 Å². The molecular weight excluding hydrogens is 308 g/mol. The predicted molar refractivity (Wildman–Crippen MR) is 86.1 cm³/mol. The van der Waals surface area contributed by atoms with E-state index in [4.69, 9.17) is 4.52 Å². The first-order chi connectivity index (χ1) is 11.6. The second-order valence-corrected chi connectivity index (χ2v) is 5.85. The lowest BCUT2D eigenvalue weighted by Crippen LogP contribution is -2.37. The first kappa shape index (κ1) is 16.2. The van der Waals surface area contributed by atoms with Gasteiger partial charge in [0.1, 0.15) is 6.04 Å². The van der Waals surface area contributed by atoms with E-state index >= 15 is 0 Å². The van der Waals surface area contributed by atoms with E-state index in [1.54, 1.807) is 28.9 Å². The maximum absolute atomic E-state index is 12.6. The van der Waals surface area contributed by atoms with Crippen LogP contribution in [0.4, 0.5) is 0 Å². The molecule has 2 amide bonds. The van der Waals surface area contributed by atoms with Crippen molar-refractivity contribution in [1.29, 1.82) is 0 Å². The number of nitrogens with zero attached hydrogens (tertiary/aromatic N) is 4. The van der Waals surface area contributed by atoms with Crippen LogP contribution in [0.15, 0.2) is 34.9 Å². The highest BCUT2D eigenvalue weighted by molar-refractivity contribution is 5.94. The van der Waals surface area contributed by atoms with Crippen molar-refractivity contribution in [3.05, 3.63) is 47.6 Å². The Hall–Kier alpha value is -2.70. The second-order valence-electron chi connectivity index (χ2n) is 5.85. The Labute approximate surface area is 140 Å². The van der Waals surface area contributed by atoms with Gasteiger partial charge in [-0.2, -0.15) is 4.98 Å². The smallest absolute Gasteiger partial charge is 0.253 e. The Kier molecular flexibility index (Phi) is 4.59.